The fourth-order valence-corrected chi connectivity index (χ4v) is 2.68. The van der Waals surface area contributed by atoms with Crippen LogP contribution < -0.4 is 0 Å². The van der Waals surface area contributed by atoms with Crippen molar-refractivity contribution in [3.05, 3.63) is 29.8 Å². The molecular weight excluding hydrogens is 228 g/mol. The first-order valence-electron chi connectivity index (χ1n) is 4.92. The van der Waals surface area contributed by atoms with Gasteiger partial charge in [0.25, 0.3) is 0 Å². The van der Waals surface area contributed by atoms with Crippen LogP contribution in [0.1, 0.15) is 5.56 Å². The SMILES string of the molecule is COCC(O)CS(=O)(=O)c1ccc(C)cc1. The maximum absolute atomic E-state index is 11.8. The first kappa shape index (κ1) is 13.2. The van der Waals surface area contributed by atoms with Gasteiger partial charge in [-0.3, -0.25) is 0 Å². The standard InChI is InChI=1S/C11H16O4S/c1-9-3-5-11(6-4-9)16(13,14)8-10(12)7-15-2/h3-6,10,12H,7-8H2,1-2H3. The van der Waals surface area contributed by atoms with Crippen molar-refractivity contribution < 1.29 is 18.3 Å². The van der Waals surface area contributed by atoms with Gasteiger partial charge in [-0.05, 0) is 19.1 Å². The third-order valence-corrected chi connectivity index (χ3v) is 3.96. The van der Waals surface area contributed by atoms with E-state index in [0.717, 1.165) is 5.56 Å². The smallest absolute Gasteiger partial charge is 0.180 e. The molecular formula is C11H16O4S. The van der Waals surface area contributed by atoms with Crippen molar-refractivity contribution in [1.29, 1.82) is 0 Å². The average Bonchev–Trinajstić information content (AvgIpc) is 2.17. The molecule has 1 aromatic carbocycles. The van der Waals surface area contributed by atoms with E-state index in [1.165, 1.54) is 7.11 Å². The molecule has 1 aromatic rings. The zero-order valence-corrected chi connectivity index (χ0v) is 10.2. The Hall–Kier alpha value is -0.910. The summed E-state index contributed by atoms with van der Waals surface area (Å²) in [6.45, 7) is 1.90. The van der Waals surface area contributed by atoms with Crippen molar-refractivity contribution in [2.24, 2.45) is 0 Å². The highest BCUT2D eigenvalue weighted by Crippen LogP contribution is 2.13. The highest BCUT2D eigenvalue weighted by Gasteiger charge is 2.19. The largest absolute Gasteiger partial charge is 0.390 e. The number of hydrogen-bond acceptors (Lipinski definition) is 4. The summed E-state index contributed by atoms with van der Waals surface area (Å²) in [7, 11) is -2.01. The van der Waals surface area contributed by atoms with Crippen LogP contribution in [0, 0.1) is 6.92 Å². The number of aliphatic hydroxyl groups excluding tert-OH is 1. The predicted octanol–water partition coefficient (Wildman–Crippen LogP) is 0.776. The molecule has 0 saturated heterocycles. The van der Waals surface area contributed by atoms with E-state index in [4.69, 9.17) is 4.74 Å². The van der Waals surface area contributed by atoms with Gasteiger partial charge in [-0.1, -0.05) is 17.7 Å². The lowest BCUT2D eigenvalue weighted by Crippen LogP contribution is -2.25. The molecule has 1 atom stereocenters. The number of rotatable bonds is 5. The van der Waals surface area contributed by atoms with Gasteiger partial charge >= 0.3 is 0 Å². The Morgan fingerprint density at radius 3 is 2.38 bits per heavy atom. The molecule has 16 heavy (non-hydrogen) atoms. The molecule has 0 aliphatic rings. The molecule has 4 nitrogen and oxygen atoms in total. The van der Waals surface area contributed by atoms with Gasteiger partial charge in [0.05, 0.1) is 23.4 Å². The van der Waals surface area contributed by atoms with Gasteiger partial charge in [-0.25, -0.2) is 8.42 Å². The van der Waals surface area contributed by atoms with E-state index < -0.39 is 15.9 Å². The quantitative estimate of drug-likeness (QED) is 0.831. The normalized spacial score (nSPS) is 13.7. The molecule has 0 aromatic heterocycles. The van der Waals surface area contributed by atoms with E-state index in [0.29, 0.717) is 0 Å². The number of ether oxygens (including phenoxy) is 1. The monoisotopic (exact) mass is 244 g/mol. The third-order valence-electron chi connectivity index (χ3n) is 2.15. The van der Waals surface area contributed by atoms with Crippen LogP contribution in [0.2, 0.25) is 0 Å². The highest BCUT2D eigenvalue weighted by atomic mass is 32.2. The van der Waals surface area contributed by atoms with Crippen LogP contribution in [0.4, 0.5) is 0 Å². The zero-order valence-electron chi connectivity index (χ0n) is 9.38. The predicted molar refractivity (Wildman–Crippen MR) is 61.1 cm³/mol. The fraction of sp³-hybridized carbons (Fsp3) is 0.455. The van der Waals surface area contributed by atoms with Crippen molar-refractivity contribution >= 4 is 9.84 Å². The molecule has 90 valence electrons. The second kappa shape index (κ2) is 5.43. The first-order chi connectivity index (χ1) is 7.45. The molecule has 5 heteroatoms. The van der Waals surface area contributed by atoms with Crippen molar-refractivity contribution in [2.45, 2.75) is 17.9 Å². The molecule has 0 spiro atoms. The second-order valence-corrected chi connectivity index (χ2v) is 5.74. The van der Waals surface area contributed by atoms with Crippen molar-refractivity contribution in [2.75, 3.05) is 19.5 Å². The number of aryl methyl sites for hydroxylation is 1. The lowest BCUT2D eigenvalue weighted by molar-refractivity contribution is 0.0783. The van der Waals surface area contributed by atoms with Crippen LogP contribution >= 0.6 is 0 Å². The fourth-order valence-electron chi connectivity index (χ4n) is 1.34. The van der Waals surface area contributed by atoms with Gasteiger partial charge in [-0.2, -0.15) is 0 Å². The van der Waals surface area contributed by atoms with Crippen molar-refractivity contribution in [3.63, 3.8) is 0 Å². The molecule has 0 amide bonds. The van der Waals surface area contributed by atoms with E-state index >= 15 is 0 Å². The molecule has 0 aliphatic heterocycles. The van der Waals surface area contributed by atoms with E-state index in [1.807, 2.05) is 6.92 Å². The topological polar surface area (TPSA) is 63.6 Å². The van der Waals surface area contributed by atoms with E-state index in [9.17, 15) is 13.5 Å². The van der Waals surface area contributed by atoms with Gasteiger partial charge in [0.1, 0.15) is 0 Å². The summed E-state index contributed by atoms with van der Waals surface area (Å²) in [5, 5.41) is 9.40. The number of methoxy groups -OCH3 is 1. The molecule has 1 unspecified atom stereocenters. The van der Waals surface area contributed by atoms with Crippen LogP contribution in [0.25, 0.3) is 0 Å². The van der Waals surface area contributed by atoms with Gasteiger partial charge in [-0.15, -0.1) is 0 Å². The summed E-state index contributed by atoms with van der Waals surface area (Å²) in [4.78, 5) is 0.230. The second-order valence-electron chi connectivity index (χ2n) is 3.70. The summed E-state index contributed by atoms with van der Waals surface area (Å²) < 4.78 is 28.3. The lowest BCUT2D eigenvalue weighted by Gasteiger charge is -2.10. The van der Waals surface area contributed by atoms with Gasteiger partial charge < -0.3 is 9.84 Å². The van der Waals surface area contributed by atoms with Crippen LogP contribution in [0.3, 0.4) is 0 Å². The molecule has 1 rings (SSSR count). The lowest BCUT2D eigenvalue weighted by atomic mass is 10.2. The molecule has 0 fully saturated rings. The number of sulfone groups is 1. The summed E-state index contributed by atoms with van der Waals surface area (Å²) in [6, 6.07) is 6.56. The number of benzene rings is 1. The maximum atomic E-state index is 11.8. The first-order valence-corrected chi connectivity index (χ1v) is 6.57. The van der Waals surface area contributed by atoms with Crippen molar-refractivity contribution in [3.8, 4) is 0 Å². The Labute approximate surface area is 95.8 Å². The Balaban J connectivity index is 2.82. The molecule has 0 bridgehead atoms. The molecule has 1 N–H and O–H groups in total. The van der Waals surface area contributed by atoms with Crippen LogP contribution in [-0.4, -0.2) is 39.1 Å². The van der Waals surface area contributed by atoms with Gasteiger partial charge in [0.15, 0.2) is 9.84 Å². The van der Waals surface area contributed by atoms with E-state index in [2.05, 4.69) is 0 Å². The maximum Gasteiger partial charge on any atom is 0.180 e. The summed E-state index contributed by atoms with van der Waals surface area (Å²) >= 11 is 0. The molecule has 0 radical (unpaired) electrons. The van der Waals surface area contributed by atoms with Gasteiger partial charge in [0.2, 0.25) is 0 Å². The van der Waals surface area contributed by atoms with E-state index in [1.54, 1.807) is 24.3 Å². The average molecular weight is 244 g/mol. The van der Waals surface area contributed by atoms with Crippen LogP contribution in [0.5, 0.6) is 0 Å². The van der Waals surface area contributed by atoms with Crippen LogP contribution in [-0.2, 0) is 14.6 Å². The summed E-state index contributed by atoms with van der Waals surface area (Å²) in [5.41, 5.74) is 0.997. The number of aliphatic hydroxyl groups is 1. The number of hydrogen-bond donors (Lipinski definition) is 1. The third kappa shape index (κ3) is 3.59. The minimum absolute atomic E-state index is 0.0189. The Morgan fingerprint density at radius 1 is 1.31 bits per heavy atom. The van der Waals surface area contributed by atoms with Crippen molar-refractivity contribution in [1.82, 2.24) is 0 Å². The summed E-state index contributed by atoms with van der Waals surface area (Å²) in [5.74, 6) is -0.316. The van der Waals surface area contributed by atoms with Gasteiger partial charge in [0, 0.05) is 7.11 Å². The Morgan fingerprint density at radius 2 is 1.88 bits per heavy atom. The van der Waals surface area contributed by atoms with Crippen LogP contribution in [0.15, 0.2) is 29.2 Å². The molecule has 0 heterocycles. The minimum Gasteiger partial charge on any atom is -0.390 e. The molecule has 0 saturated carbocycles. The molecule has 0 aliphatic carbocycles. The summed E-state index contributed by atoms with van der Waals surface area (Å²) in [6.07, 6.45) is -0.990. The Bertz CT molecular complexity index is 422. The highest BCUT2D eigenvalue weighted by molar-refractivity contribution is 7.91. The van der Waals surface area contributed by atoms with E-state index in [-0.39, 0.29) is 17.3 Å². The zero-order chi connectivity index (χ0) is 12.2. The minimum atomic E-state index is -3.43. The Kier molecular flexibility index (Phi) is 4.46.